The van der Waals surface area contributed by atoms with E-state index in [1.54, 1.807) is 0 Å². The van der Waals surface area contributed by atoms with Crippen molar-refractivity contribution >= 4 is 21.5 Å². The highest BCUT2D eigenvalue weighted by Gasteiger charge is 2.44. The van der Waals surface area contributed by atoms with E-state index in [0.29, 0.717) is 0 Å². The van der Waals surface area contributed by atoms with E-state index in [2.05, 4.69) is 97.1 Å². The number of hydrogen-bond acceptors (Lipinski definition) is 1. The number of aliphatic hydroxyl groups is 1. The van der Waals surface area contributed by atoms with E-state index in [1.165, 1.54) is 21.5 Å². The molecule has 1 aliphatic rings. The maximum absolute atomic E-state index is 12.6. The first kappa shape index (κ1) is 19.3. The van der Waals surface area contributed by atoms with Crippen LogP contribution in [-0.2, 0) is 5.60 Å². The lowest BCUT2D eigenvalue weighted by atomic mass is 9.79. The van der Waals surface area contributed by atoms with Crippen molar-refractivity contribution < 1.29 is 5.11 Å². The number of rotatable bonds is 2. The lowest BCUT2D eigenvalue weighted by Gasteiger charge is -2.29. The van der Waals surface area contributed by atoms with Gasteiger partial charge in [-0.1, -0.05) is 121 Å². The van der Waals surface area contributed by atoms with E-state index < -0.39 is 5.60 Å². The summed E-state index contributed by atoms with van der Waals surface area (Å²) >= 11 is 0. The average molecular weight is 435 g/mol. The summed E-state index contributed by atoms with van der Waals surface area (Å²) in [5.74, 6) is 0. The van der Waals surface area contributed by atoms with Gasteiger partial charge < -0.3 is 5.11 Å². The van der Waals surface area contributed by atoms with Gasteiger partial charge in [0.1, 0.15) is 5.60 Å². The summed E-state index contributed by atoms with van der Waals surface area (Å²) in [6.45, 7) is 0. The Kier molecular flexibility index (Phi) is 4.05. The molecule has 0 bridgehead atoms. The van der Waals surface area contributed by atoms with E-state index >= 15 is 0 Å². The molecular formula is C33H22O. The van der Waals surface area contributed by atoms with Gasteiger partial charge in [0.2, 0.25) is 0 Å². The first-order chi connectivity index (χ1) is 16.8. The standard InChI is InChI=1S/C33H22O/c34-33(30-18-8-5-15-26(30)27-16-6-9-19-31(27)33)32-20-10-7-17-28(32)29-21-22-11-1-2-12-23(22)24-13-3-4-14-25(24)29/h1-21,34H. The van der Waals surface area contributed by atoms with Crippen LogP contribution in [0.5, 0.6) is 0 Å². The third-order valence-electron chi connectivity index (χ3n) is 7.30. The van der Waals surface area contributed by atoms with Crippen molar-refractivity contribution in [3.8, 4) is 22.3 Å². The van der Waals surface area contributed by atoms with Crippen molar-refractivity contribution in [2.24, 2.45) is 0 Å². The molecule has 0 saturated heterocycles. The van der Waals surface area contributed by atoms with Gasteiger partial charge in [0.25, 0.3) is 0 Å². The fourth-order valence-electron chi connectivity index (χ4n) is 5.81. The van der Waals surface area contributed by atoms with Gasteiger partial charge >= 0.3 is 0 Å². The Morgan fingerprint density at radius 2 is 0.794 bits per heavy atom. The summed E-state index contributed by atoms with van der Waals surface area (Å²) in [6.07, 6.45) is 0. The Labute approximate surface area is 198 Å². The molecule has 6 aromatic rings. The van der Waals surface area contributed by atoms with Crippen LogP contribution in [0, 0.1) is 0 Å². The molecule has 0 atom stereocenters. The second kappa shape index (κ2) is 7.15. The van der Waals surface area contributed by atoms with Gasteiger partial charge in [-0.25, -0.2) is 0 Å². The minimum Gasteiger partial charge on any atom is -0.376 e. The molecule has 160 valence electrons. The summed E-state index contributed by atoms with van der Waals surface area (Å²) in [6, 6.07) is 44.2. The van der Waals surface area contributed by atoms with Gasteiger partial charge in [-0.2, -0.15) is 0 Å². The fourth-order valence-corrected chi connectivity index (χ4v) is 5.81. The molecule has 6 aromatic carbocycles. The van der Waals surface area contributed by atoms with Crippen LogP contribution in [-0.4, -0.2) is 5.11 Å². The van der Waals surface area contributed by atoms with Gasteiger partial charge in [-0.3, -0.25) is 0 Å². The van der Waals surface area contributed by atoms with Crippen molar-refractivity contribution in [1.29, 1.82) is 0 Å². The van der Waals surface area contributed by atoms with Crippen LogP contribution in [0.3, 0.4) is 0 Å². The predicted octanol–water partition coefficient (Wildman–Crippen LogP) is 7.92. The van der Waals surface area contributed by atoms with Crippen LogP contribution in [0.2, 0.25) is 0 Å². The molecule has 0 saturated carbocycles. The topological polar surface area (TPSA) is 20.2 Å². The van der Waals surface area contributed by atoms with Crippen molar-refractivity contribution in [2.75, 3.05) is 0 Å². The Balaban J connectivity index is 1.59. The molecule has 0 fully saturated rings. The van der Waals surface area contributed by atoms with Gasteiger partial charge in [0.05, 0.1) is 0 Å². The smallest absolute Gasteiger partial charge is 0.142 e. The van der Waals surface area contributed by atoms with Gasteiger partial charge in [0.15, 0.2) is 0 Å². The maximum Gasteiger partial charge on any atom is 0.142 e. The highest BCUT2D eigenvalue weighted by atomic mass is 16.3. The molecule has 0 spiro atoms. The third-order valence-corrected chi connectivity index (χ3v) is 7.30. The van der Waals surface area contributed by atoms with E-state index in [-0.39, 0.29) is 0 Å². The quantitative estimate of drug-likeness (QED) is 0.274. The molecule has 1 N–H and O–H groups in total. The first-order valence-corrected chi connectivity index (χ1v) is 11.7. The zero-order valence-electron chi connectivity index (χ0n) is 18.6. The van der Waals surface area contributed by atoms with Crippen LogP contribution in [0.4, 0.5) is 0 Å². The summed E-state index contributed by atoms with van der Waals surface area (Å²) in [5, 5.41) is 17.5. The number of benzene rings is 6. The van der Waals surface area contributed by atoms with Crippen LogP contribution >= 0.6 is 0 Å². The maximum atomic E-state index is 12.6. The molecule has 7 rings (SSSR count). The van der Waals surface area contributed by atoms with E-state index in [0.717, 1.165) is 38.9 Å². The summed E-state index contributed by atoms with van der Waals surface area (Å²) in [4.78, 5) is 0. The monoisotopic (exact) mass is 434 g/mol. The Morgan fingerprint density at radius 1 is 0.382 bits per heavy atom. The van der Waals surface area contributed by atoms with Crippen LogP contribution in [0.25, 0.3) is 43.8 Å². The number of hydrogen-bond donors (Lipinski definition) is 1. The van der Waals surface area contributed by atoms with Crippen LogP contribution in [0.15, 0.2) is 127 Å². The van der Waals surface area contributed by atoms with Crippen LogP contribution < -0.4 is 0 Å². The molecule has 0 amide bonds. The second-order valence-electron chi connectivity index (χ2n) is 9.04. The average Bonchev–Trinajstić information content (AvgIpc) is 3.18. The molecule has 1 nitrogen and oxygen atoms in total. The molecule has 0 aromatic heterocycles. The highest BCUT2D eigenvalue weighted by molar-refractivity contribution is 6.14. The van der Waals surface area contributed by atoms with Crippen molar-refractivity contribution in [3.05, 3.63) is 144 Å². The van der Waals surface area contributed by atoms with Crippen molar-refractivity contribution in [1.82, 2.24) is 0 Å². The van der Waals surface area contributed by atoms with E-state index in [9.17, 15) is 5.11 Å². The third kappa shape index (κ3) is 2.53. The first-order valence-electron chi connectivity index (χ1n) is 11.7. The normalized spacial score (nSPS) is 13.7. The summed E-state index contributed by atoms with van der Waals surface area (Å²) in [7, 11) is 0. The zero-order chi connectivity index (χ0) is 22.7. The minimum absolute atomic E-state index is 0.910. The Hall–Kier alpha value is -4.20. The second-order valence-corrected chi connectivity index (χ2v) is 9.04. The molecule has 34 heavy (non-hydrogen) atoms. The fraction of sp³-hybridized carbons (Fsp3) is 0.0303. The summed E-state index contributed by atoms with van der Waals surface area (Å²) < 4.78 is 0. The molecular weight excluding hydrogens is 412 g/mol. The molecule has 0 unspecified atom stereocenters. The highest BCUT2D eigenvalue weighted by Crippen LogP contribution is 2.53. The van der Waals surface area contributed by atoms with Gasteiger partial charge in [-0.05, 0) is 49.9 Å². The molecule has 1 heteroatoms. The lowest BCUT2D eigenvalue weighted by molar-refractivity contribution is 0.131. The van der Waals surface area contributed by atoms with Gasteiger partial charge in [0, 0.05) is 16.7 Å². The summed E-state index contributed by atoms with van der Waals surface area (Å²) in [5.41, 5.74) is 5.95. The van der Waals surface area contributed by atoms with Crippen LogP contribution in [0.1, 0.15) is 16.7 Å². The Morgan fingerprint density at radius 3 is 1.38 bits per heavy atom. The predicted molar refractivity (Wildman–Crippen MR) is 141 cm³/mol. The Bertz CT molecular complexity index is 1680. The molecule has 0 radical (unpaired) electrons. The molecule has 0 aliphatic heterocycles. The largest absolute Gasteiger partial charge is 0.376 e. The zero-order valence-corrected chi connectivity index (χ0v) is 18.6. The van der Waals surface area contributed by atoms with E-state index in [4.69, 9.17) is 0 Å². The minimum atomic E-state index is -1.23. The SMILES string of the molecule is OC1(c2ccccc2-c2cc3ccccc3c3ccccc23)c2ccccc2-c2ccccc21. The number of fused-ring (bicyclic) bond motifs is 6. The van der Waals surface area contributed by atoms with Crippen molar-refractivity contribution in [3.63, 3.8) is 0 Å². The van der Waals surface area contributed by atoms with E-state index in [1.807, 2.05) is 30.3 Å². The molecule has 1 aliphatic carbocycles. The molecule has 0 heterocycles. The van der Waals surface area contributed by atoms with Crippen molar-refractivity contribution in [2.45, 2.75) is 5.60 Å². The van der Waals surface area contributed by atoms with Gasteiger partial charge in [-0.15, -0.1) is 0 Å². The lowest BCUT2D eigenvalue weighted by Crippen LogP contribution is -2.27.